The average Bonchev–Trinajstić information content (AvgIpc) is 3.11. The number of nitrogens with zero attached hydrogens (tertiary/aromatic N) is 1. The van der Waals surface area contributed by atoms with Crippen molar-refractivity contribution >= 4 is 24.2 Å². The van der Waals surface area contributed by atoms with Gasteiger partial charge in [-0.3, -0.25) is 9.59 Å². The van der Waals surface area contributed by atoms with E-state index in [9.17, 15) is 9.59 Å². The molecule has 0 bridgehead atoms. The Hall–Kier alpha value is -2.37. The fraction of sp³-hybridized carbons (Fsp3) is 0.391. The van der Waals surface area contributed by atoms with E-state index < -0.39 is 0 Å². The molecule has 0 radical (unpaired) electrons. The molecule has 1 heterocycles. The van der Waals surface area contributed by atoms with Crippen molar-refractivity contribution in [2.45, 2.75) is 32.7 Å². The highest BCUT2D eigenvalue weighted by atomic mass is 35.5. The van der Waals surface area contributed by atoms with Gasteiger partial charge in [0.25, 0.3) is 5.91 Å². The number of carbonyl (C=O) groups excluding carboxylic acids is 2. The van der Waals surface area contributed by atoms with Gasteiger partial charge in [-0.05, 0) is 43.0 Å². The number of nitrogens with two attached hydrogens (primary N) is 1. The standard InChI is InChI=1S/C23H29N3O2.ClH/c1-17-8-10-19(11-9-17)22(28)25-20(18-6-4-3-5-7-18)14-21(27)26-13-12-23(2,15-24)16-26;/h3-11,20H,12-16,24H2,1-2H3,(H,25,28);1H. The molecule has 0 spiro atoms. The van der Waals surface area contributed by atoms with E-state index in [0.717, 1.165) is 24.1 Å². The first-order chi connectivity index (χ1) is 13.4. The zero-order valence-corrected chi connectivity index (χ0v) is 17.9. The first-order valence-corrected chi connectivity index (χ1v) is 9.80. The molecule has 2 aromatic carbocycles. The summed E-state index contributed by atoms with van der Waals surface area (Å²) in [5.74, 6) is -0.120. The highest BCUT2D eigenvalue weighted by Crippen LogP contribution is 2.30. The van der Waals surface area contributed by atoms with E-state index in [4.69, 9.17) is 5.73 Å². The summed E-state index contributed by atoms with van der Waals surface area (Å²) in [6.07, 6.45) is 1.16. The predicted molar refractivity (Wildman–Crippen MR) is 118 cm³/mol. The van der Waals surface area contributed by atoms with Crippen molar-refractivity contribution in [2.75, 3.05) is 19.6 Å². The average molecular weight is 416 g/mol. The number of nitrogens with one attached hydrogen (secondary N) is 1. The second-order valence-corrected chi connectivity index (χ2v) is 8.09. The van der Waals surface area contributed by atoms with E-state index in [1.54, 1.807) is 0 Å². The van der Waals surface area contributed by atoms with Gasteiger partial charge in [-0.15, -0.1) is 12.4 Å². The van der Waals surface area contributed by atoms with Crippen LogP contribution in [0.25, 0.3) is 0 Å². The monoisotopic (exact) mass is 415 g/mol. The molecule has 29 heavy (non-hydrogen) atoms. The SMILES string of the molecule is Cc1ccc(C(=O)NC(CC(=O)N2CCC(C)(CN)C2)c2ccccc2)cc1.Cl. The minimum absolute atomic E-state index is 0. The smallest absolute Gasteiger partial charge is 0.251 e. The minimum Gasteiger partial charge on any atom is -0.345 e. The molecule has 2 amide bonds. The van der Waals surface area contributed by atoms with Crippen LogP contribution >= 0.6 is 12.4 Å². The van der Waals surface area contributed by atoms with Crippen LogP contribution in [0.4, 0.5) is 0 Å². The lowest BCUT2D eigenvalue weighted by Crippen LogP contribution is -2.37. The van der Waals surface area contributed by atoms with Crippen LogP contribution in [0.1, 0.15) is 47.3 Å². The van der Waals surface area contributed by atoms with Crippen LogP contribution in [-0.2, 0) is 4.79 Å². The number of rotatable bonds is 6. The van der Waals surface area contributed by atoms with Crippen LogP contribution in [-0.4, -0.2) is 36.3 Å². The van der Waals surface area contributed by atoms with Gasteiger partial charge in [-0.25, -0.2) is 0 Å². The highest BCUT2D eigenvalue weighted by molar-refractivity contribution is 5.94. The molecular formula is C23H30ClN3O2. The Kier molecular flexibility index (Phi) is 7.82. The number of likely N-dealkylation sites (tertiary alicyclic amines) is 1. The molecule has 156 valence electrons. The van der Waals surface area contributed by atoms with Gasteiger partial charge in [0.2, 0.25) is 5.91 Å². The second-order valence-electron chi connectivity index (χ2n) is 8.09. The van der Waals surface area contributed by atoms with Crippen LogP contribution in [0.15, 0.2) is 54.6 Å². The summed E-state index contributed by atoms with van der Waals surface area (Å²) < 4.78 is 0. The number of amides is 2. The van der Waals surface area contributed by atoms with Gasteiger partial charge in [0.15, 0.2) is 0 Å². The van der Waals surface area contributed by atoms with E-state index in [1.807, 2.05) is 66.4 Å². The van der Waals surface area contributed by atoms with Gasteiger partial charge >= 0.3 is 0 Å². The molecule has 0 aromatic heterocycles. The van der Waals surface area contributed by atoms with E-state index >= 15 is 0 Å². The fourth-order valence-corrected chi connectivity index (χ4v) is 3.59. The van der Waals surface area contributed by atoms with Crippen molar-refractivity contribution in [1.82, 2.24) is 10.2 Å². The van der Waals surface area contributed by atoms with Gasteiger partial charge in [0, 0.05) is 18.7 Å². The Balaban J connectivity index is 0.00000300. The maximum atomic E-state index is 12.9. The number of aryl methyl sites for hydroxylation is 1. The summed E-state index contributed by atoms with van der Waals surface area (Å²) in [5, 5.41) is 3.05. The van der Waals surface area contributed by atoms with Crippen molar-refractivity contribution in [3.05, 3.63) is 71.3 Å². The largest absolute Gasteiger partial charge is 0.345 e. The lowest BCUT2D eigenvalue weighted by Gasteiger charge is -2.25. The Labute approximate surface area is 179 Å². The highest BCUT2D eigenvalue weighted by Gasteiger charge is 2.35. The molecule has 3 rings (SSSR count). The molecule has 0 aliphatic carbocycles. The molecule has 1 saturated heterocycles. The van der Waals surface area contributed by atoms with Gasteiger partial charge in [0.05, 0.1) is 12.5 Å². The topological polar surface area (TPSA) is 75.4 Å². The Morgan fingerprint density at radius 1 is 1.14 bits per heavy atom. The van der Waals surface area contributed by atoms with Gasteiger partial charge in [-0.2, -0.15) is 0 Å². The summed E-state index contributed by atoms with van der Waals surface area (Å²) in [4.78, 5) is 27.5. The number of hydrogen-bond donors (Lipinski definition) is 2. The van der Waals surface area contributed by atoms with Crippen LogP contribution in [0.3, 0.4) is 0 Å². The number of hydrogen-bond acceptors (Lipinski definition) is 3. The maximum absolute atomic E-state index is 12.9. The van der Waals surface area contributed by atoms with Crippen LogP contribution in [0, 0.1) is 12.3 Å². The molecule has 3 N–H and O–H groups in total. The van der Waals surface area contributed by atoms with Crippen LogP contribution < -0.4 is 11.1 Å². The molecule has 1 aliphatic rings. The van der Waals surface area contributed by atoms with E-state index in [2.05, 4.69) is 12.2 Å². The van der Waals surface area contributed by atoms with Gasteiger partial charge in [0.1, 0.15) is 0 Å². The van der Waals surface area contributed by atoms with Crippen LogP contribution in [0.2, 0.25) is 0 Å². The third-order valence-electron chi connectivity index (χ3n) is 5.60. The lowest BCUT2D eigenvalue weighted by molar-refractivity contribution is -0.131. The Morgan fingerprint density at radius 3 is 2.38 bits per heavy atom. The van der Waals surface area contributed by atoms with Crippen molar-refractivity contribution in [1.29, 1.82) is 0 Å². The first-order valence-electron chi connectivity index (χ1n) is 9.80. The molecule has 1 fully saturated rings. The number of carbonyl (C=O) groups is 2. The third-order valence-corrected chi connectivity index (χ3v) is 5.60. The first kappa shape index (κ1) is 22.9. The summed E-state index contributed by atoms with van der Waals surface area (Å²) in [5.41, 5.74) is 8.48. The molecular weight excluding hydrogens is 386 g/mol. The molecule has 2 atom stereocenters. The predicted octanol–water partition coefficient (Wildman–Crippen LogP) is 3.48. The van der Waals surface area contributed by atoms with Crippen molar-refractivity contribution in [3.63, 3.8) is 0 Å². The molecule has 1 aliphatic heterocycles. The Morgan fingerprint density at radius 2 is 1.79 bits per heavy atom. The summed E-state index contributed by atoms with van der Waals surface area (Å²) in [7, 11) is 0. The number of halogens is 1. The van der Waals surface area contributed by atoms with Gasteiger partial charge in [-0.1, -0.05) is 55.0 Å². The van der Waals surface area contributed by atoms with E-state index in [1.165, 1.54) is 0 Å². The lowest BCUT2D eigenvalue weighted by atomic mass is 9.90. The van der Waals surface area contributed by atoms with E-state index in [-0.39, 0.29) is 42.1 Å². The zero-order valence-electron chi connectivity index (χ0n) is 17.1. The second kappa shape index (κ2) is 9.90. The molecule has 0 saturated carbocycles. The van der Waals surface area contributed by atoms with Crippen molar-refractivity contribution < 1.29 is 9.59 Å². The zero-order chi connectivity index (χ0) is 20.1. The van der Waals surface area contributed by atoms with E-state index in [0.29, 0.717) is 18.7 Å². The van der Waals surface area contributed by atoms with Crippen LogP contribution in [0.5, 0.6) is 0 Å². The molecule has 2 aromatic rings. The molecule has 5 nitrogen and oxygen atoms in total. The van der Waals surface area contributed by atoms with Crippen molar-refractivity contribution in [2.24, 2.45) is 11.1 Å². The third kappa shape index (κ3) is 5.81. The summed E-state index contributed by atoms with van der Waals surface area (Å²) in [6, 6.07) is 16.7. The molecule has 6 heteroatoms. The maximum Gasteiger partial charge on any atom is 0.251 e. The fourth-order valence-electron chi connectivity index (χ4n) is 3.59. The minimum atomic E-state index is -0.368. The Bertz CT molecular complexity index is 826. The quantitative estimate of drug-likeness (QED) is 0.758. The van der Waals surface area contributed by atoms with Crippen molar-refractivity contribution in [3.8, 4) is 0 Å². The summed E-state index contributed by atoms with van der Waals surface area (Å²) >= 11 is 0. The molecule has 2 unspecified atom stereocenters. The van der Waals surface area contributed by atoms with Gasteiger partial charge < -0.3 is 16.0 Å². The number of benzene rings is 2. The summed E-state index contributed by atoms with van der Waals surface area (Å²) in [6.45, 7) is 6.07. The normalized spacial score (nSPS) is 19.3.